The average Bonchev–Trinajstić information content (AvgIpc) is 2.70. The predicted octanol–water partition coefficient (Wildman–Crippen LogP) is 1.86. The minimum absolute atomic E-state index is 0.186. The molecule has 1 aliphatic heterocycles. The minimum atomic E-state index is -0.362. The summed E-state index contributed by atoms with van der Waals surface area (Å²) in [7, 11) is 0. The quantitative estimate of drug-likeness (QED) is 0.838. The van der Waals surface area contributed by atoms with Crippen LogP contribution < -0.4 is 5.32 Å². The highest BCUT2D eigenvalue weighted by atomic mass is 16.2. The van der Waals surface area contributed by atoms with E-state index in [1.54, 1.807) is 28.0 Å². The van der Waals surface area contributed by atoms with E-state index in [4.69, 9.17) is 0 Å². The first-order chi connectivity index (χ1) is 13.0. The molecular weight excluding hydrogens is 344 g/mol. The van der Waals surface area contributed by atoms with Crippen molar-refractivity contribution in [2.24, 2.45) is 0 Å². The zero-order chi connectivity index (χ0) is 19.4. The molecule has 140 valence electrons. The Labute approximate surface area is 158 Å². The second-order valence-corrected chi connectivity index (χ2v) is 6.59. The van der Waals surface area contributed by atoms with Crippen LogP contribution in [-0.4, -0.2) is 59.2 Å². The van der Waals surface area contributed by atoms with Gasteiger partial charge < -0.3 is 15.1 Å². The minimum Gasteiger partial charge on any atom is -0.342 e. The average molecular weight is 366 g/mol. The first-order valence-electron chi connectivity index (χ1n) is 8.82. The van der Waals surface area contributed by atoms with Crippen molar-refractivity contribution in [1.29, 1.82) is 0 Å². The number of hydrogen-bond donors (Lipinski definition) is 1. The van der Waals surface area contributed by atoms with Crippen LogP contribution in [0.5, 0.6) is 0 Å². The van der Waals surface area contributed by atoms with E-state index in [-0.39, 0.29) is 23.2 Å². The van der Waals surface area contributed by atoms with Crippen molar-refractivity contribution in [3.63, 3.8) is 0 Å². The summed E-state index contributed by atoms with van der Waals surface area (Å²) in [4.78, 5) is 43.4. The van der Waals surface area contributed by atoms with Gasteiger partial charge >= 0.3 is 0 Å². The van der Waals surface area contributed by atoms with Crippen LogP contribution in [0.25, 0.3) is 0 Å². The molecule has 3 rings (SSSR count). The molecule has 1 fully saturated rings. The predicted molar refractivity (Wildman–Crippen MR) is 102 cm³/mol. The Balaban J connectivity index is 1.71. The number of aromatic nitrogens is 1. The maximum atomic E-state index is 12.6. The van der Waals surface area contributed by atoms with Crippen molar-refractivity contribution >= 4 is 23.9 Å². The Hall–Kier alpha value is -3.22. The molecule has 0 saturated carbocycles. The zero-order valence-corrected chi connectivity index (χ0v) is 15.4. The molecule has 1 aromatic carbocycles. The Morgan fingerprint density at radius 3 is 2.37 bits per heavy atom. The molecule has 1 N–H and O–H groups in total. The number of aryl methyl sites for hydroxylation is 2. The van der Waals surface area contributed by atoms with Crippen LogP contribution in [0.2, 0.25) is 0 Å². The molecule has 1 aromatic heterocycles. The van der Waals surface area contributed by atoms with Gasteiger partial charge in [0.25, 0.3) is 11.8 Å². The smallest absolute Gasteiger partial charge is 0.274 e. The monoisotopic (exact) mass is 366 g/mol. The second kappa shape index (κ2) is 7.99. The third-order valence-electron chi connectivity index (χ3n) is 4.72. The molecule has 0 spiro atoms. The van der Waals surface area contributed by atoms with Gasteiger partial charge in [0.1, 0.15) is 11.4 Å². The molecule has 0 atom stereocenters. The van der Waals surface area contributed by atoms with Crippen LogP contribution >= 0.6 is 0 Å². The molecule has 1 aliphatic rings. The summed E-state index contributed by atoms with van der Waals surface area (Å²) in [5, 5.41) is 2.81. The summed E-state index contributed by atoms with van der Waals surface area (Å²) in [6.07, 6.45) is 0.789. The number of amides is 3. The van der Waals surface area contributed by atoms with Gasteiger partial charge in [0.2, 0.25) is 6.41 Å². The van der Waals surface area contributed by atoms with Gasteiger partial charge in [-0.05, 0) is 49.2 Å². The molecule has 0 aliphatic carbocycles. The largest absolute Gasteiger partial charge is 0.342 e. The highest BCUT2D eigenvalue weighted by molar-refractivity contribution is 6.03. The van der Waals surface area contributed by atoms with Gasteiger partial charge in [0.05, 0.1) is 0 Å². The number of nitrogens with one attached hydrogen (secondary N) is 1. The molecule has 3 amide bonds. The second-order valence-electron chi connectivity index (χ2n) is 6.59. The van der Waals surface area contributed by atoms with Gasteiger partial charge in [0, 0.05) is 31.9 Å². The molecule has 0 radical (unpaired) electrons. The topological polar surface area (TPSA) is 82.6 Å². The lowest BCUT2D eigenvalue weighted by Gasteiger charge is -2.32. The summed E-state index contributed by atoms with van der Waals surface area (Å²) in [5.41, 5.74) is 3.33. The molecule has 0 bridgehead atoms. The normalized spacial score (nSPS) is 14.0. The fourth-order valence-electron chi connectivity index (χ4n) is 2.89. The van der Waals surface area contributed by atoms with Gasteiger partial charge in [-0.3, -0.25) is 14.4 Å². The molecule has 2 aromatic rings. The highest BCUT2D eigenvalue weighted by Crippen LogP contribution is 2.15. The molecule has 1 saturated heterocycles. The number of piperazine rings is 1. The molecule has 7 nitrogen and oxygen atoms in total. The lowest BCUT2D eigenvalue weighted by molar-refractivity contribution is -0.119. The first kappa shape index (κ1) is 18.6. The number of pyridine rings is 1. The van der Waals surface area contributed by atoms with E-state index in [0.29, 0.717) is 31.9 Å². The van der Waals surface area contributed by atoms with E-state index in [0.717, 1.165) is 17.5 Å². The third kappa shape index (κ3) is 4.31. The van der Waals surface area contributed by atoms with Crippen LogP contribution in [0, 0.1) is 13.8 Å². The number of hydrogen-bond acceptors (Lipinski definition) is 4. The lowest BCUT2D eigenvalue weighted by Crippen LogP contribution is -2.48. The van der Waals surface area contributed by atoms with E-state index in [2.05, 4.69) is 10.3 Å². The Kier molecular flexibility index (Phi) is 5.49. The van der Waals surface area contributed by atoms with Crippen LogP contribution in [-0.2, 0) is 4.79 Å². The highest BCUT2D eigenvalue weighted by Gasteiger charge is 2.23. The number of rotatable bonds is 4. The molecule has 27 heavy (non-hydrogen) atoms. The summed E-state index contributed by atoms with van der Waals surface area (Å²) in [6, 6.07) is 10.5. The van der Waals surface area contributed by atoms with E-state index in [1.165, 1.54) is 0 Å². The van der Waals surface area contributed by atoms with Crippen molar-refractivity contribution in [2.75, 3.05) is 31.5 Å². The summed E-state index contributed by atoms with van der Waals surface area (Å²) >= 11 is 0. The maximum Gasteiger partial charge on any atom is 0.274 e. The Morgan fingerprint density at radius 2 is 1.70 bits per heavy atom. The van der Waals surface area contributed by atoms with Crippen LogP contribution in [0.15, 0.2) is 36.4 Å². The first-order valence-corrected chi connectivity index (χ1v) is 8.82. The lowest BCUT2D eigenvalue weighted by atomic mass is 10.1. The SMILES string of the molecule is Cc1ccc(NC(=O)c2cccc(C(=O)N3CCN(C=O)CC3)n2)cc1C. The van der Waals surface area contributed by atoms with Crippen molar-refractivity contribution < 1.29 is 14.4 Å². The van der Waals surface area contributed by atoms with Crippen molar-refractivity contribution in [3.8, 4) is 0 Å². The van der Waals surface area contributed by atoms with Gasteiger partial charge in [-0.2, -0.15) is 0 Å². The van der Waals surface area contributed by atoms with Crippen LogP contribution in [0.1, 0.15) is 32.1 Å². The fourth-order valence-corrected chi connectivity index (χ4v) is 2.89. The number of anilines is 1. The standard InChI is InChI=1S/C20H22N4O3/c1-14-6-7-16(12-15(14)2)21-19(26)17-4-3-5-18(22-17)20(27)24-10-8-23(13-25)9-11-24/h3-7,12-13H,8-11H2,1-2H3,(H,21,26). The van der Waals surface area contributed by atoms with Gasteiger partial charge in [0.15, 0.2) is 0 Å². The summed E-state index contributed by atoms with van der Waals surface area (Å²) in [5.74, 6) is -0.597. The number of benzene rings is 1. The van der Waals surface area contributed by atoms with E-state index in [1.807, 2.05) is 32.0 Å². The third-order valence-corrected chi connectivity index (χ3v) is 4.72. The summed E-state index contributed by atoms with van der Waals surface area (Å²) in [6.45, 7) is 5.90. The van der Waals surface area contributed by atoms with E-state index < -0.39 is 0 Å². The summed E-state index contributed by atoms with van der Waals surface area (Å²) < 4.78 is 0. The number of carbonyl (C=O) groups excluding carboxylic acids is 3. The fraction of sp³-hybridized carbons (Fsp3) is 0.300. The van der Waals surface area contributed by atoms with Gasteiger partial charge in [-0.1, -0.05) is 12.1 Å². The number of carbonyl (C=O) groups is 3. The number of nitrogens with zero attached hydrogens (tertiary/aromatic N) is 3. The van der Waals surface area contributed by atoms with Gasteiger partial charge in [-0.25, -0.2) is 4.98 Å². The van der Waals surface area contributed by atoms with Crippen LogP contribution in [0.4, 0.5) is 5.69 Å². The van der Waals surface area contributed by atoms with Crippen molar-refractivity contribution in [3.05, 3.63) is 58.9 Å². The van der Waals surface area contributed by atoms with Crippen LogP contribution in [0.3, 0.4) is 0 Å². The Morgan fingerprint density at radius 1 is 1.00 bits per heavy atom. The molecular formula is C20H22N4O3. The van der Waals surface area contributed by atoms with Gasteiger partial charge in [-0.15, -0.1) is 0 Å². The van der Waals surface area contributed by atoms with E-state index >= 15 is 0 Å². The molecule has 7 heteroatoms. The molecule has 0 unspecified atom stereocenters. The Bertz CT molecular complexity index is 873. The zero-order valence-electron chi connectivity index (χ0n) is 15.4. The van der Waals surface area contributed by atoms with Crippen molar-refractivity contribution in [1.82, 2.24) is 14.8 Å². The maximum absolute atomic E-state index is 12.6. The molecule has 2 heterocycles. The van der Waals surface area contributed by atoms with Crippen molar-refractivity contribution in [2.45, 2.75) is 13.8 Å². The van der Waals surface area contributed by atoms with E-state index in [9.17, 15) is 14.4 Å².